The van der Waals surface area contributed by atoms with Crippen LogP contribution in [0.1, 0.15) is 32.6 Å². The Morgan fingerprint density at radius 2 is 1.87 bits per heavy atom. The van der Waals surface area contributed by atoms with Gasteiger partial charge in [-0.3, -0.25) is 4.79 Å². The van der Waals surface area contributed by atoms with Crippen molar-refractivity contribution >= 4 is 43.0 Å². The Balaban J connectivity index is 0. The molecular weight excluding hydrogens is 322 g/mol. The summed E-state index contributed by atoms with van der Waals surface area (Å²) in [6.07, 6.45) is 4.80. The van der Waals surface area contributed by atoms with Crippen LogP contribution in [0.4, 0.5) is 0 Å². The number of ether oxygens (including phenoxy) is 2. The average molecular weight is 345 g/mol. The van der Waals surface area contributed by atoms with Crippen molar-refractivity contribution in [1.82, 2.24) is 0 Å². The summed E-state index contributed by atoms with van der Waals surface area (Å²) in [5.74, 6) is -0.154. The molecule has 0 fully saturated rings. The topological polar surface area (TPSA) is 35.5 Å². The van der Waals surface area contributed by atoms with E-state index < -0.39 is 0 Å². The molecule has 0 saturated heterocycles. The van der Waals surface area contributed by atoms with Crippen LogP contribution in [-0.2, 0) is 14.3 Å². The summed E-state index contributed by atoms with van der Waals surface area (Å²) in [5.41, 5.74) is 0. The van der Waals surface area contributed by atoms with Crippen LogP contribution in [0.2, 0.25) is 0 Å². The molecule has 0 aromatic rings. The molecule has 0 aromatic carbocycles. The molecule has 5 heteroatoms. The van der Waals surface area contributed by atoms with E-state index in [9.17, 15) is 4.79 Å². The van der Waals surface area contributed by atoms with Crippen molar-refractivity contribution in [3.8, 4) is 0 Å². The van der Waals surface area contributed by atoms with Crippen LogP contribution in [0.25, 0.3) is 0 Å². The molecule has 0 bridgehead atoms. The van der Waals surface area contributed by atoms with E-state index in [1.165, 1.54) is 19.3 Å². The summed E-state index contributed by atoms with van der Waals surface area (Å²) in [4.78, 5) is 10.6. The van der Waals surface area contributed by atoms with Gasteiger partial charge in [0.05, 0.1) is 12.4 Å². The van der Waals surface area contributed by atoms with Crippen LogP contribution in [0.15, 0.2) is 0 Å². The first-order valence-corrected chi connectivity index (χ1v) is 5.78. The summed E-state index contributed by atoms with van der Waals surface area (Å²) in [6.45, 7) is 3.77. The van der Waals surface area contributed by atoms with Crippen molar-refractivity contribution < 1.29 is 14.3 Å². The number of carbonyl (C=O) groups excluding carboxylic acids is 1. The van der Waals surface area contributed by atoms with Gasteiger partial charge in [0.2, 0.25) is 0 Å². The zero-order valence-electron chi connectivity index (χ0n) is 9.54. The van der Waals surface area contributed by atoms with Gasteiger partial charge in [0.15, 0.2) is 0 Å². The van der Waals surface area contributed by atoms with Crippen molar-refractivity contribution in [2.75, 3.05) is 25.6 Å². The maximum absolute atomic E-state index is 10.6. The van der Waals surface area contributed by atoms with Crippen LogP contribution < -0.4 is 0 Å². The molecule has 0 heterocycles. The fourth-order valence-electron chi connectivity index (χ4n) is 0.993. The van der Waals surface area contributed by atoms with Crippen LogP contribution in [0.5, 0.6) is 0 Å². The number of hydrogen-bond acceptors (Lipinski definition) is 4. The predicted octanol–water partition coefficient (Wildman–Crippen LogP) is 0.872. The van der Waals surface area contributed by atoms with Gasteiger partial charge < -0.3 is 9.47 Å². The van der Waals surface area contributed by atoms with Gasteiger partial charge in [0.1, 0.15) is 6.61 Å². The Morgan fingerprint density at radius 1 is 1.13 bits per heavy atom. The first-order valence-electron chi connectivity index (χ1n) is 5.15. The van der Waals surface area contributed by atoms with E-state index in [0.29, 0.717) is 13.2 Å². The molecule has 0 unspecified atom stereocenters. The maximum atomic E-state index is 10.6. The summed E-state index contributed by atoms with van der Waals surface area (Å²) >= 11 is 3.78. The normalized spacial score (nSPS) is 9.47. The number of esters is 1. The van der Waals surface area contributed by atoms with Crippen molar-refractivity contribution in [3.63, 3.8) is 0 Å². The Kier molecular flexibility index (Phi) is 17.5. The molecule has 0 spiro atoms. The zero-order valence-corrected chi connectivity index (χ0v) is 14.5. The summed E-state index contributed by atoms with van der Waals surface area (Å²) < 4.78 is 10.1. The van der Waals surface area contributed by atoms with E-state index in [1.807, 2.05) is 0 Å². The third-order valence-electron chi connectivity index (χ3n) is 1.76. The second kappa shape index (κ2) is 14.6. The number of unbranched alkanes of at least 4 members (excludes halogenated alkanes) is 3. The Bertz CT molecular complexity index is 145. The van der Waals surface area contributed by atoms with Crippen LogP contribution in [-0.4, -0.2) is 56.0 Å². The standard InChI is InChI=1S/C10H20O3S.Sb.3H/c1-2-3-4-5-6-12-7-8-13-10(11)9-14;;;;/h14H,2-9H2,1H3;;;;. The SMILES string of the molecule is CCCCCCOCCOC(=O)CS.[SbH3]. The fraction of sp³-hybridized carbons (Fsp3) is 0.900. The minimum absolute atomic E-state index is 0. The van der Waals surface area contributed by atoms with Crippen molar-refractivity contribution in [1.29, 1.82) is 0 Å². The van der Waals surface area contributed by atoms with Gasteiger partial charge in [-0.1, -0.05) is 26.2 Å². The van der Waals surface area contributed by atoms with Crippen molar-refractivity contribution in [3.05, 3.63) is 0 Å². The van der Waals surface area contributed by atoms with Gasteiger partial charge in [-0.25, -0.2) is 0 Å². The molecule has 0 aliphatic carbocycles. The molecule has 3 nitrogen and oxygen atoms in total. The van der Waals surface area contributed by atoms with Gasteiger partial charge in [0, 0.05) is 6.61 Å². The zero-order chi connectivity index (χ0) is 10.6. The number of carbonyl (C=O) groups is 1. The Labute approximate surface area is 115 Å². The molecule has 0 amide bonds. The van der Waals surface area contributed by atoms with Crippen molar-refractivity contribution in [2.45, 2.75) is 32.6 Å². The first-order chi connectivity index (χ1) is 6.81. The second-order valence-corrected chi connectivity index (χ2v) is 3.37. The molecule has 0 aliphatic rings. The Hall–Kier alpha value is 0.598. The van der Waals surface area contributed by atoms with Gasteiger partial charge in [-0.15, -0.1) is 0 Å². The van der Waals surface area contributed by atoms with Crippen LogP contribution in [0, 0.1) is 0 Å². The Morgan fingerprint density at radius 3 is 2.47 bits per heavy atom. The van der Waals surface area contributed by atoms with Gasteiger partial charge in [-0.2, -0.15) is 12.6 Å². The van der Waals surface area contributed by atoms with Gasteiger partial charge >= 0.3 is 30.4 Å². The number of hydrogen-bond donors (Lipinski definition) is 1. The predicted molar refractivity (Wildman–Crippen MR) is 69.7 cm³/mol. The molecule has 15 heavy (non-hydrogen) atoms. The van der Waals surface area contributed by atoms with Gasteiger partial charge in [-0.05, 0) is 6.42 Å². The molecule has 0 radical (unpaired) electrons. The monoisotopic (exact) mass is 344 g/mol. The number of thiol groups is 1. The molecular formula is C10H23O3SSb. The molecule has 0 atom stereocenters. The molecule has 0 rings (SSSR count). The van der Waals surface area contributed by atoms with E-state index in [-0.39, 0.29) is 36.2 Å². The molecule has 92 valence electrons. The molecule has 0 N–H and O–H groups in total. The minimum atomic E-state index is -0.289. The summed E-state index contributed by atoms with van der Waals surface area (Å²) in [5, 5.41) is 0. The molecule has 0 saturated carbocycles. The number of rotatable bonds is 9. The average Bonchev–Trinajstić information content (AvgIpc) is 2.21. The fourth-order valence-corrected chi connectivity index (χ4v) is 1.08. The second-order valence-electron chi connectivity index (χ2n) is 3.05. The summed E-state index contributed by atoms with van der Waals surface area (Å²) in [7, 11) is 0. The first kappa shape index (κ1) is 18.0. The van der Waals surface area contributed by atoms with E-state index in [1.54, 1.807) is 0 Å². The van der Waals surface area contributed by atoms with E-state index >= 15 is 0 Å². The summed E-state index contributed by atoms with van der Waals surface area (Å²) in [6, 6.07) is 0. The van der Waals surface area contributed by atoms with E-state index in [4.69, 9.17) is 9.47 Å². The third kappa shape index (κ3) is 14.6. The third-order valence-corrected chi connectivity index (χ3v) is 2.02. The van der Waals surface area contributed by atoms with Crippen LogP contribution >= 0.6 is 12.6 Å². The van der Waals surface area contributed by atoms with Crippen molar-refractivity contribution in [2.24, 2.45) is 0 Å². The van der Waals surface area contributed by atoms with Crippen LogP contribution in [0.3, 0.4) is 0 Å². The molecule has 0 aromatic heterocycles. The van der Waals surface area contributed by atoms with E-state index in [2.05, 4.69) is 19.6 Å². The quantitative estimate of drug-likeness (QED) is 0.292. The molecule has 0 aliphatic heterocycles. The van der Waals surface area contributed by atoms with Gasteiger partial charge in [0.25, 0.3) is 0 Å². The van der Waals surface area contributed by atoms with E-state index in [0.717, 1.165) is 13.0 Å².